The van der Waals surface area contributed by atoms with Crippen LogP contribution in [0, 0.1) is 0 Å². The molecule has 0 aromatic heterocycles. The molecule has 2 rings (SSSR count). The van der Waals surface area contributed by atoms with E-state index in [1.54, 1.807) is 48.5 Å². The number of hydrogen-bond donors (Lipinski definition) is 1. The second-order valence-electron chi connectivity index (χ2n) is 5.66. The number of nitrogens with two attached hydrogens (primary N) is 1. The fourth-order valence-corrected chi connectivity index (χ4v) is 2.29. The van der Waals surface area contributed by atoms with Gasteiger partial charge in [0.2, 0.25) is 0 Å². The van der Waals surface area contributed by atoms with Crippen LogP contribution in [0.4, 0.5) is 0 Å². The number of esters is 2. The predicted octanol–water partition coefficient (Wildman–Crippen LogP) is 3.97. The second-order valence-corrected chi connectivity index (χ2v) is 5.66. The Morgan fingerprint density at radius 1 is 0.808 bits per heavy atom. The van der Waals surface area contributed by atoms with E-state index >= 15 is 0 Å². The first-order chi connectivity index (χ1) is 12.2. The van der Waals surface area contributed by atoms with Crippen molar-refractivity contribution < 1.29 is 19.1 Å². The lowest BCUT2D eigenvalue weighted by molar-refractivity contribution is 0.0287. The maximum Gasteiger partial charge on any atom is 0.339 e. The van der Waals surface area contributed by atoms with Crippen LogP contribution >= 0.6 is 12.4 Å². The summed E-state index contributed by atoms with van der Waals surface area (Å²) in [6.07, 6.45) is 2.34. The van der Waals surface area contributed by atoms with Crippen molar-refractivity contribution in [1.82, 2.24) is 0 Å². The zero-order chi connectivity index (χ0) is 17.9. The van der Waals surface area contributed by atoms with Crippen LogP contribution in [0.1, 0.15) is 46.4 Å². The molecule has 0 bridgehead atoms. The summed E-state index contributed by atoms with van der Waals surface area (Å²) in [6, 6.07) is 17.7. The Morgan fingerprint density at radius 2 is 1.35 bits per heavy atom. The molecule has 2 N–H and O–H groups in total. The highest BCUT2D eigenvalue weighted by molar-refractivity contribution is 5.89. The Kier molecular flexibility index (Phi) is 10.1. The molecule has 0 spiro atoms. The Labute approximate surface area is 159 Å². The highest BCUT2D eigenvalue weighted by atomic mass is 35.5. The first-order valence-corrected chi connectivity index (χ1v) is 8.40. The molecule has 1 unspecified atom stereocenters. The third-order valence-corrected chi connectivity index (χ3v) is 3.64. The van der Waals surface area contributed by atoms with Crippen LogP contribution in [0.5, 0.6) is 0 Å². The maximum absolute atomic E-state index is 11.8. The molecule has 6 heteroatoms. The van der Waals surface area contributed by atoms with E-state index in [1.807, 2.05) is 12.1 Å². The van der Waals surface area contributed by atoms with Crippen molar-refractivity contribution in [3.8, 4) is 0 Å². The minimum Gasteiger partial charge on any atom is -0.462 e. The average Bonchev–Trinajstić information content (AvgIpc) is 2.65. The molecule has 0 aliphatic heterocycles. The highest BCUT2D eigenvalue weighted by Gasteiger charge is 2.11. The zero-order valence-electron chi connectivity index (χ0n) is 14.5. The van der Waals surface area contributed by atoms with E-state index in [4.69, 9.17) is 15.2 Å². The quantitative estimate of drug-likeness (QED) is 0.406. The minimum atomic E-state index is -0.625. The molecule has 0 fully saturated rings. The summed E-state index contributed by atoms with van der Waals surface area (Å²) < 4.78 is 10.4. The van der Waals surface area contributed by atoms with Crippen molar-refractivity contribution >= 4 is 24.3 Å². The normalized spacial score (nSPS) is 11.1. The smallest absolute Gasteiger partial charge is 0.339 e. The molecular formula is C20H24ClNO4. The molecular weight excluding hydrogens is 354 g/mol. The van der Waals surface area contributed by atoms with Gasteiger partial charge in [-0.25, -0.2) is 9.59 Å². The lowest BCUT2D eigenvalue weighted by atomic mass is 10.2. The summed E-state index contributed by atoms with van der Waals surface area (Å²) in [7, 11) is 0. The summed E-state index contributed by atoms with van der Waals surface area (Å²) in [4.78, 5) is 23.6. The van der Waals surface area contributed by atoms with Gasteiger partial charge < -0.3 is 9.47 Å². The maximum atomic E-state index is 11.8. The van der Waals surface area contributed by atoms with E-state index in [-0.39, 0.29) is 18.4 Å². The average molecular weight is 378 g/mol. The second kappa shape index (κ2) is 12.1. The summed E-state index contributed by atoms with van der Waals surface area (Å²) in [5.41, 5.74) is 6.87. The van der Waals surface area contributed by atoms with Gasteiger partial charge in [-0.15, -0.1) is 12.4 Å². The predicted molar refractivity (Wildman–Crippen MR) is 102 cm³/mol. The van der Waals surface area contributed by atoms with E-state index in [0.29, 0.717) is 24.2 Å². The number of carbonyl (C=O) groups excluding carboxylic acids is 2. The Morgan fingerprint density at radius 3 is 1.92 bits per heavy atom. The number of hydrogen-bond acceptors (Lipinski definition) is 5. The van der Waals surface area contributed by atoms with Crippen molar-refractivity contribution in [3.63, 3.8) is 0 Å². The van der Waals surface area contributed by atoms with Crippen molar-refractivity contribution in [2.75, 3.05) is 6.61 Å². The van der Waals surface area contributed by atoms with Gasteiger partial charge in [0.15, 0.2) is 6.23 Å². The van der Waals surface area contributed by atoms with Crippen molar-refractivity contribution in [1.29, 1.82) is 0 Å². The molecule has 1 atom stereocenters. The molecule has 140 valence electrons. The van der Waals surface area contributed by atoms with Crippen molar-refractivity contribution in [2.24, 2.45) is 5.73 Å². The summed E-state index contributed by atoms with van der Waals surface area (Å²) in [6.45, 7) is 0.368. The van der Waals surface area contributed by atoms with Crippen LogP contribution in [-0.2, 0) is 9.47 Å². The van der Waals surface area contributed by atoms with Crippen LogP contribution in [0.3, 0.4) is 0 Å². The van der Waals surface area contributed by atoms with Gasteiger partial charge in [-0.05, 0) is 49.9 Å². The lowest BCUT2D eigenvalue weighted by Crippen LogP contribution is -2.27. The zero-order valence-corrected chi connectivity index (χ0v) is 15.3. The standard InChI is InChI=1S/C20H23NO4.ClH/c21-18(25-20(23)17-12-6-2-7-13-17)14-8-3-9-15-24-19(22)16-10-4-1-5-11-16;/h1-2,4-7,10-13,18H,3,8-9,14-15,21H2;1H. The molecule has 0 aliphatic carbocycles. The monoisotopic (exact) mass is 377 g/mol. The Hall–Kier alpha value is -2.37. The third kappa shape index (κ3) is 7.68. The number of benzene rings is 2. The van der Waals surface area contributed by atoms with Crippen molar-refractivity contribution in [2.45, 2.75) is 31.9 Å². The number of rotatable bonds is 9. The van der Waals surface area contributed by atoms with Crippen LogP contribution in [0.15, 0.2) is 60.7 Å². The number of halogens is 1. The van der Waals surface area contributed by atoms with Crippen LogP contribution in [0.2, 0.25) is 0 Å². The first-order valence-electron chi connectivity index (χ1n) is 8.40. The van der Waals surface area contributed by atoms with E-state index in [2.05, 4.69) is 0 Å². The van der Waals surface area contributed by atoms with E-state index in [9.17, 15) is 9.59 Å². The molecule has 5 nitrogen and oxygen atoms in total. The van der Waals surface area contributed by atoms with Gasteiger partial charge in [0.25, 0.3) is 0 Å². The summed E-state index contributed by atoms with van der Waals surface area (Å²) >= 11 is 0. The lowest BCUT2D eigenvalue weighted by Gasteiger charge is -2.13. The molecule has 0 radical (unpaired) electrons. The van der Waals surface area contributed by atoms with Gasteiger partial charge in [0.1, 0.15) is 0 Å². The topological polar surface area (TPSA) is 78.6 Å². The van der Waals surface area contributed by atoms with Crippen molar-refractivity contribution in [3.05, 3.63) is 71.8 Å². The van der Waals surface area contributed by atoms with Crippen LogP contribution < -0.4 is 5.73 Å². The van der Waals surface area contributed by atoms with Crippen LogP contribution in [-0.4, -0.2) is 24.8 Å². The fraction of sp³-hybridized carbons (Fsp3) is 0.300. The molecule has 0 saturated carbocycles. The highest BCUT2D eigenvalue weighted by Crippen LogP contribution is 2.08. The van der Waals surface area contributed by atoms with E-state index in [1.165, 1.54) is 0 Å². The van der Waals surface area contributed by atoms with Gasteiger partial charge in [-0.3, -0.25) is 5.73 Å². The van der Waals surface area contributed by atoms with Gasteiger partial charge in [0, 0.05) is 0 Å². The molecule has 2 aromatic rings. The minimum absolute atomic E-state index is 0. The van der Waals surface area contributed by atoms with Crippen LogP contribution in [0.25, 0.3) is 0 Å². The van der Waals surface area contributed by atoms with E-state index < -0.39 is 12.2 Å². The molecule has 0 saturated heterocycles. The Bertz CT molecular complexity index is 664. The molecule has 2 aromatic carbocycles. The fourth-order valence-electron chi connectivity index (χ4n) is 2.29. The van der Waals surface area contributed by atoms with Gasteiger partial charge in [-0.1, -0.05) is 36.4 Å². The number of ether oxygens (including phenoxy) is 2. The molecule has 0 aliphatic rings. The number of unbranched alkanes of at least 4 members (excludes halogenated alkanes) is 2. The third-order valence-electron chi connectivity index (χ3n) is 3.64. The largest absolute Gasteiger partial charge is 0.462 e. The van der Waals surface area contributed by atoms with Gasteiger partial charge >= 0.3 is 11.9 Å². The van der Waals surface area contributed by atoms with Gasteiger partial charge in [0.05, 0.1) is 17.7 Å². The summed E-state index contributed by atoms with van der Waals surface area (Å²) in [5.74, 6) is -0.723. The molecule has 26 heavy (non-hydrogen) atoms. The van der Waals surface area contributed by atoms with E-state index in [0.717, 1.165) is 19.3 Å². The summed E-state index contributed by atoms with van der Waals surface area (Å²) in [5, 5.41) is 0. The molecule has 0 amide bonds. The number of carbonyl (C=O) groups is 2. The SMILES string of the molecule is Cl.NC(CCCCCOC(=O)c1ccccc1)OC(=O)c1ccccc1. The Balaban J connectivity index is 0.00000338. The first kappa shape index (κ1) is 21.7. The van der Waals surface area contributed by atoms with Gasteiger partial charge in [-0.2, -0.15) is 0 Å². The molecule has 0 heterocycles.